The number of hydrogen-bond acceptors (Lipinski definition) is 5. The first-order valence-corrected chi connectivity index (χ1v) is 13.7. The van der Waals surface area contributed by atoms with Crippen LogP contribution in [0.1, 0.15) is 12.0 Å². The average molecular weight is 548 g/mol. The maximum absolute atomic E-state index is 14.3. The molecule has 8 nitrogen and oxygen atoms in total. The minimum absolute atomic E-state index is 0.133. The van der Waals surface area contributed by atoms with E-state index in [0.717, 1.165) is 5.56 Å². The standard InChI is InChI=1S/C30H30ClN3O5/c31-21-11-4-5-12-22(21)33-16-7-14-30-25(28(37)34(17-8-18-35)26(30)29(33)38)24-23(39-30)13-6-15-32(27(24)36)19-20-9-2-1-3-10-20/h1-7,9-14,23-26,35H,8,15-19H2/t23-,24+,25-,26?,30-/m0/s1. The lowest BCUT2D eigenvalue weighted by atomic mass is 9.77. The van der Waals surface area contributed by atoms with E-state index in [1.165, 1.54) is 4.90 Å². The van der Waals surface area contributed by atoms with E-state index < -0.39 is 29.6 Å². The monoisotopic (exact) mass is 547 g/mol. The van der Waals surface area contributed by atoms with Gasteiger partial charge >= 0.3 is 0 Å². The number of fused-ring (bicyclic) bond motifs is 2. The smallest absolute Gasteiger partial charge is 0.253 e. The van der Waals surface area contributed by atoms with Gasteiger partial charge in [0, 0.05) is 32.8 Å². The van der Waals surface area contributed by atoms with Gasteiger partial charge in [-0.05, 0) is 24.1 Å². The summed E-state index contributed by atoms with van der Waals surface area (Å²) < 4.78 is 6.65. The first-order chi connectivity index (χ1) is 19.0. The van der Waals surface area contributed by atoms with Crippen LogP contribution in [0.3, 0.4) is 0 Å². The van der Waals surface area contributed by atoms with Crippen LogP contribution >= 0.6 is 11.6 Å². The Morgan fingerprint density at radius 2 is 1.72 bits per heavy atom. The van der Waals surface area contributed by atoms with Gasteiger partial charge < -0.3 is 24.5 Å². The molecule has 202 valence electrons. The van der Waals surface area contributed by atoms with Crippen molar-refractivity contribution in [3.8, 4) is 0 Å². The number of rotatable bonds is 6. The molecule has 3 amide bonds. The molecule has 1 spiro atoms. The van der Waals surface area contributed by atoms with Crippen LogP contribution in [0.2, 0.25) is 5.02 Å². The molecule has 0 bridgehead atoms. The van der Waals surface area contributed by atoms with E-state index in [9.17, 15) is 19.5 Å². The van der Waals surface area contributed by atoms with Crippen LogP contribution in [-0.4, -0.2) is 76.6 Å². The van der Waals surface area contributed by atoms with Gasteiger partial charge in [-0.2, -0.15) is 0 Å². The zero-order chi connectivity index (χ0) is 27.1. The first-order valence-electron chi connectivity index (χ1n) is 13.3. The molecule has 4 aliphatic heterocycles. The van der Waals surface area contributed by atoms with Crippen molar-refractivity contribution in [2.45, 2.75) is 30.7 Å². The van der Waals surface area contributed by atoms with E-state index >= 15 is 0 Å². The van der Waals surface area contributed by atoms with Crippen molar-refractivity contribution in [2.24, 2.45) is 11.8 Å². The molecule has 1 N–H and O–H groups in total. The van der Waals surface area contributed by atoms with Crippen LogP contribution in [0.15, 0.2) is 78.9 Å². The predicted octanol–water partition coefficient (Wildman–Crippen LogP) is 2.80. The lowest BCUT2D eigenvalue weighted by molar-refractivity contribution is -0.144. The fourth-order valence-corrected chi connectivity index (χ4v) is 6.74. The topological polar surface area (TPSA) is 90.4 Å². The summed E-state index contributed by atoms with van der Waals surface area (Å²) in [6.45, 7) is 1.11. The second-order valence-electron chi connectivity index (χ2n) is 10.4. The summed E-state index contributed by atoms with van der Waals surface area (Å²) in [5, 5.41) is 10.00. The van der Waals surface area contributed by atoms with Crippen molar-refractivity contribution in [2.75, 3.05) is 31.1 Å². The zero-order valence-corrected chi connectivity index (χ0v) is 22.1. The summed E-state index contributed by atoms with van der Waals surface area (Å²) in [5.74, 6) is -2.43. The van der Waals surface area contributed by atoms with Gasteiger partial charge in [0.1, 0.15) is 11.6 Å². The highest BCUT2D eigenvalue weighted by Gasteiger charge is 2.71. The number of ether oxygens (including phenoxy) is 1. The minimum Gasteiger partial charge on any atom is -0.396 e. The van der Waals surface area contributed by atoms with Gasteiger partial charge in [-0.25, -0.2) is 0 Å². The van der Waals surface area contributed by atoms with E-state index in [1.54, 1.807) is 34.1 Å². The summed E-state index contributed by atoms with van der Waals surface area (Å²) in [6.07, 6.45) is 7.07. The third-order valence-corrected chi connectivity index (χ3v) is 8.48. The van der Waals surface area contributed by atoms with Gasteiger partial charge in [-0.1, -0.05) is 78.4 Å². The van der Waals surface area contributed by atoms with E-state index in [1.807, 2.05) is 54.6 Å². The first kappa shape index (κ1) is 25.8. The lowest BCUT2D eigenvalue weighted by Gasteiger charge is -2.35. The summed E-state index contributed by atoms with van der Waals surface area (Å²) in [5.41, 5.74) is 0.220. The molecule has 5 atom stereocenters. The van der Waals surface area contributed by atoms with Gasteiger partial charge in [0.05, 0.1) is 28.6 Å². The van der Waals surface area contributed by atoms with E-state index in [-0.39, 0.29) is 37.4 Å². The second-order valence-corrected chi connectivity index (χ2v) is 10.8. The van der Waals surface area contributed by atoms with Gasteiger partial charge in [0.25, 0.3) is 5.91 Å². The molecule has 4 heterocycles. The summed E-state index contributed by atoms with van der Waals surface area (Å²) in [7, 11) is 0. The largest absolute Gasteiger partial charge is 0.396 e. The molecule has 0 aliphatic carbocycles. The highest BCUT2D eigenvalue weighted by molar-refractivity contribution is 6.34. The maximum Gasteiger partial charge on any atom is 0.253 e. The van der Waals surface area contributed by atoms with Crippen molar-refractivity contribution >= 4 is 35.0 Å². The van der Waals surface area contributed by atoms with E-state index in [0.29, 0.717) is 30.2 Å². The Hall–Kier alpha value is -3.46. The Kier molecular flexibility index (Phi) is 6.79. The number of anilines is 1. The molecule has 0 radical (unpaired) electrons. The highest BCUT2D eigenvalue weighted by Crippen LogP contribution is 2.53. The molecule has 9 heteroatoms. The second kappa shape index (κ2) is 10.3. The molecule has 6 rings (SSSR count). The molecule has 4 aliphatic rings. The van der Waals surface area contributed by atoms with E-state index in [4.69, 9.17) is 16.3 Å². The summed E-state index contributed by atoms with van der Waals surface area (Å²) in [4.78, 5) is 47.3. The van der Waals surface area contributed by atoms with Crippen LogP contribution in [-0.2, 0) is 25.7 Å². The van der Waals surface area contributed by atoms with Crippen LogP contribution in [0.25, 0.3) is 0 Å². The number of amides is 3. The molecule has 39 heavy (non-hydrogen) atoms. The quantitative estimate of drug-likeness (QED) is 0.562. The molecular formula is C30H30ClN3O5. The summed E-state index contributed by atoms with van der Waals surface area (Å²) >= 11 is 6.47. The Bertz CT molecular complexity index is 1350. The SMILES string of the molecule is O=C1[C@@H]2[C@H](C=CCN1Cc1ccccc1)O[C@]13C=CCN(c4ccccc4Cl)C(=O)C1N(CCCO)C(=O)[C@H]23. The van der Waals surface area contributed by atoms with Gasteiger partial charge in [0.2, 0.25) is 11.8 Å². The molecule has 1 unspecified atom stereocenters. The number of aliphatic hydroxyl groups excluding tert-OH is 1. The molecule has 0 aromatic heterocycles. The summed E-state index contributed by atoms with van der Waals surface area (Å²) in [6, 6.07) is 15.8. The van der Waals surface area contributed by atoms with Crippen molar-refractivity contribution < 1.29 is 24.2 Å². The number of benzene rings is 2. The molecular weight excluding hydrogens is 518 g/mol. The van der Waals surface area contributed by atoms with Crippen LogP contribution in [0.4, 0.5) is 5.69 Å². The van der Waals surface area contributed by atoms with Gasteiger partial charge in [-0.3, -0.25) is 14.4 Å². The third kappa shape index (κ3) is 4.18. The number of para-hydroxylation sites is 1. The van der Waals surface area contributed by atoms with Gasteiger partial charge in [-0.15, -0.1) is 0 Å². The molecule has 2 fully saturated rings. The average Bonchev–Trinajstić information content (AvgIpc) is 3.26. The zero-order valence-electron chi connectivity index (χ0n) is 21.4. The normalized spacial score (nSPS) is 29.8. The molecule has 2 aromatic carbocycles. The Balaban J connectivity index is 1.40. The highest BCUT2D eigenvalue weighted by atomic mass is 35.5. The van der Waals surface area contributed by atoms with Crippen molar-refractivity contribution in [1.29, 1.82) is 0 Å². The molecule has 0 saturated carbocycles. The number of nitrogens with zero attached hydrogens (tertiary/aromatic N) is 3. The fraction of sp³-hybridized carbons (Fsp3) is 0.367. The minimum atomic E-state index is -1.31. The number of halogens is 1. The Morgan fingerprint density at radius 3 is 2.49 bits per heavy atom. The van der Waals surface area contributed by atoms with Crippen LogP contribution in [0.5, 0.6) is 0 Å². The molecule has 2 aromatic rings. The van der Waals surface area contributed by atoms with E-state index in [2.05, 4.69) is 0 Å². The molecule has 2 saturated heterocycles. The number of aliphatic hydroxyl groups is 1. The van der Waals surface area contributed by atoms with Crippen molar-refractivity contribution in [3.05, 3.63) is 89.5 Å². The number of likely N-dealkylation sites (tertiary alicyclic amines) is 1. The Labute approximate surface area is 232 Å². The van der Waals surface area contributed by atoms with Crippen LogP contribution < -0.4 is 4.90 Å². The number of carbonyl (C=O) groups excluding carboxylic acids is 3. The van der Waals surface area contributed by atoms with Crippen molar-refractivity contribution in [1.82, 2.24) is 9.80 Å². The Morgan fingerprint density at radius 1 is 0.949 bits per heavy atom. The van der Waals surface area contributed by atoms with Crippen molar-refractivity contribution in [3.63, 3.8) is 0 Å². The lowest BCUT2D eigenvalue weighted by Crippen LogP contribution is -2.55. The third-order valence-electron chi connectivity index (χ3n) is 8.16. The number of hydrogen-bond donors (Lipinski definition) is 1. The fourth-order valence-electron chi connectivity index (χ4n) is 6.50. The van der Waals surface area contributed by atoms with Crippen LogP contribution in [0, 0.1) is 11.8 Å². The predicted molar refractivity (Wildman–Crippen MR) is 146 cm³/mol. The maximum atomic E-state index is 14.3. The number of carbonyl (C=O) groups is 3. The van der Waals surface area contributed by atoms with Gasteiger partial charge in [0.15, 0.2) is 0 Å².